The Balaban J connectivity index is 2.47. The van der Waals surface area contributed by atoms with E-state index < -0.39 is 5.37 Å². The number of amides is 1. The molecule has 0 aliphatic heterocycles. The van der Waals surface area contributed by atoms with E-state index in [0.717, 1.165) is 0 Å². The number of carbonyl (C=O) groups is 1. The average Bonchev–Trinajstić information content (AvgIpc) is 2.47. The van der Waals surface area contributed by atoms with Crippen molar-refractivity contribution < 1.29 is 14.3 Å². The molecular weight excluding hydrogens is 278 g/mol. The second-order valence-corrected chi connectivity index (χ2v) is 4.31. The molecule has 2 aromatic rings. The van der Waals surface area contributed by atoms with Crippen LogP contribution in [-0.2, 0) is 0 Å². The van der Waals surface area contributed by atoms with Crippen molar-refractivity contribution in [1.82, 2.24) is 0 Å². The first kappa shape index (κ1) is 14.2. The Hall–Kier alpha value is -2.20. The van der Waals surface area contributed by atoms with Gasteiger partial charge in [-0.1, -0.05) is 12.1 Å². The highest BCUT2D eigenvalue weighted by Crippen LogP contribution is 2.31. The van der Waals surface area contributed by atoms with Gasteiger partial charge in [0, 0.05) is 12.1 Å². The summed E-state index contributed by atoms with van der Waals surface area (Å²) in [6.07, 6.45) is 0. The molecule has 0 radical (unpaired) electrons. The van der Waals surface area contributed by atoms with E-state index in [0.29, 0.717) is 22.9 Å². The summed E-state index contributed by atoms with van der Waals surface area (Å²) in [5, 5.41) is -0.605. The first-order chi connectivity index (χ1) is 9.65. The topological polar surface area (TPSA) is 38.8 Å². The van der Waals surface area contributed by atoms with Crippen molar-refractivity contribution in [3.05, 3.63) is 48.5 Å². The van der Waals surface area contributed by atoms with Gasteiger partial charge in [0.25, 0.3) is 0 Å². The maximum atomic E-state index is 11.8. The summed E-state index contributed by atoms with van der Waals surface area (Å²) in [5.74, 6) is 1.29. The molecule has 20 heavy (non-hydrogen) atoms. The zero-order valence-corrected chi connectivity index (χ0v) is 11.9. The van der Waals surface area contributed by atoms with Crippen LogP contribution in [0.15, 0.2) is 48.5 Å². The molecule has 0 bridgehead atoms. The standard InChI is InChI=1S/C15H14ClNO3/c1-19-13-7-3-5-11(9-13)17(15(16)18)12-6-4-8-14(10-12)20-2/h3-10H,1-2H3. The van der Waals surface area contributed by atoms with Gasteiger partial charge in [0.2, 0.25) is 0 Å². The smallest absolute Gasteiger partial charge is 0.325 e. The Bertz CT molecular complexity index is 568. The first-order valence-electron chi connectivity index (χ1n) is 5.93. The molecule has 4 nitrogen and oxygen atoms in total. The predicted molar refractivity (Wildman–Crippen MR) is 79.4 cm³/mol. The molecule has 0 aromatic heterocycles. The Morgan fingerprint density at radius 1 is 0.950 bits per heavy atom. The van der Waals surface area contributed by atoms with Crippen LogP contribution < -0.4 is 14.4 Å². The van der Waals surface area contributed by atoms with Crippen LogP contribution in [0.25, 0.3) is 0 Å². The van der Waals surface area contributed by atoms with Crippen LogP contribution in [0.5, 0.6) is 11.5 Å². The quantitative estimate of drug-likeness (QED) is 0.626. The van der Waals surface area contributed by atoms with E-state index in [1.54, 1.807) is 62.8 Å². The van der Waals surface area contributed by atoms with E-state index in [9.17, 15) is 4.79 Å². The number of benzene rings is 2. The molecule has 0 aliphatic carbocycles. The SMILES string of the molecule is COc1cccc(N(C(=O)Cl)c2cccc(OC)c2)c1. The Morgan fingerprint density at radius 3 is 1.75 bits per heavy atom. The summed E-state index contributed by atoms with van der Waals surface area (Å²) >= 11 is 5.71. The summed E-state index contributed by atoms with van der Waals surface area (Å²) in [4.78, 5) is 13.1. The number of ether oxygens (including phenoxy) is 2. The van der Waals surface area contributed by atoms with Gasteiger partial charge in [-0.25, -0.2) is 0 Å². The highest BCUT2D eigenvalue weighted by molar-refractivity contribution is 6.66. The zero-order valence-electron chi connectivity index (χ0n) is 11.2. The van der Waals surface area contributed by atoms with Crippen molar-refractivity contribution in [1.29, 1.82) is 0 Å². The van der Waals surface area contributed by atoms with Crippen LogP contribution in [0, 0.1) is 0 Å². The van der Waals surface area contributed by atoms with Gasteiger partial charge in [0.15, 0.2) is 0 Å². The van der Waals surface area contributed by atoms with E-state index in [1.807, 2.05) is 0 Å². The maximum Gasteiger partial charge on any atom is 0.325 e. The lowest BCUT2D eigenvalue weighted by Crippen LogP contribution is -2.19. The van der Waals surface area contributed by atoms with Crippen molar-refractivity contribution in [2.45, 2.75) is 0 Å². The third-order valence-electron chi connectivity index (χ3n) is 2.80. The number of nitrogens with zero attached hydrogens (tertiary/aromatic N) is 1. The summed E-state index contributed by atoms with van der Waals surface area (Å²) in [6, 6.07) is 14.2. The molecule has 0 saturated heterocycles. The number of carbonyl (C=O) groups excluding carboxylic acids is 1. The van der Waals surface area contributed by atoms with Crippen LogP contribution in [0.1, 0.15) is 0 Å². The van der Waals surface area contributed by atoms with E-state index >= 15 is 0 Å². The van der Waals surface area contributed by atoms with Gasteiger partial charge >= 0.3 is 5.37 Å². The number of halogens is 1. The molecule has 0 fully saturated rings. The fraction of sp³-hybridized carbons (Fsp3) is 0.133. The lowest BCUT2D eigenvalue weighted by molar-refractivity contribution is 0.266. The summed E-state index contributed by atoms with van der Waals surface area (Å²) in [5.41, 5.74) is 1.25. The number of rotatable bonds is 4. The molecule has 5 heteroatoms. The monoisotopic (exact) mass is 291 g/mol. The molecule has 0 unspecified atom stereocenters. The van der Waals surface area contributed by atoms with E-state index in [4.69, 9.17) is 21.1 Å². The van der Waals surface area contributed by atoms with Crippen molar-refractivity contribution in [2.75, 3.05) is 19.1 Å². The molecular formula is C15H14ClNO3. The van der Waals surface area contributed by atoms with E-state index in [-0.39, 0.29) is 0 Å². The zero-order chi connectivity index (χ0) is 14.5. The number of methoxy groups -OCH3 is 2. The van der Waals surface area contributed by atoms with Gasteiger partial charge in [-0.2, -0.15) is 0 Å². The second kappa shape index (κ2) is 6.30. The predicted octanol–water partition coefficient (Wildman–Crippen LogP) is 4.20. The van der Waals surface area contributed by atoms with Gasteiger partial charge in [-0.05, 0) is 35.9 Å². The normalized spacial score (nSPS) is 9.95. The van der Waals surface area contributed by atoms with Crippen molar-refractivity contribution in [3.63, 3.8) is 0 Å². The third-order valence-corrected chi connectivity index (χ3v) is 2.97. The van der Waals surface area contributed by atoms with Gasteiger partial charge in [0.05, 0.1) is 25.6 Å². The summed E-state index contributed by atoms with van der Waals surface area (Å²) in [7, 11) is 3.13. The molecule has 0 N–H and O–H groups in total. The third kappa shape index (κ3) is 3.03. The lowest BCUT2D eigenvalue weighted by atomic mass is 10.2. The summed E-state index contributed by atoms with van der Waals surface area (Å²) < 4.78 is 10.3. The van der Waals surface area contributed by atoms with Crippen LogP contribution >= 0.6 is 11.6 Å². The number of hydrogen-bond acceptors (Lipinski definition) is 3. The minimum absolute atomic E-state index is 0.605. The maximum absolute atomic E-state index is 11.8. The molecule has 2 aromatic carbocycles. The van der Waals surface area contributed by atoms with Crippen LogP contribution in [0.4, 0.5) is 16.2 Å². The van der Waals surface area contributed by atoms with Crippen molar-refractivity contribution in [2.24, 2.45) is 0 Å². The molecule has 0 heterocycles. The van der Waals surface area contributed by atoms with Crippen molar-refractivity contribution in [3.8, 4) is 11.5 Å². The second-order valence-electron chi connectivity index (χ2n) is 3.99. The fourth-order valence-corrected chi connectivity index (χ4v) is 2.05. The number of hydrogen-bond donors (Lipinski definition) is 0. The highest BCUT2D eigenvalue weighted by atomic mass is 35.5. The molecule has 0 saturated carbocycles. The Kier molecular flexibility index (Phi) is 4.48. The van der Waals surface area contributed by atoms with Gasteiger partial charge in [-0.3, -0.25) is 9.69 Å². The minimum Gasteiger partial charge on any atom is -0.497 e. The fourth-order valence-electron chi connectivity index (χ4n) is 1.85. The molecule has 0 atom stereocenters. The lowest BCUT2D eigenvalue weighted by Gasteiger charge is -2.21. The average molecular weight is 292 g/mol. The molecule has 104 valence electrons. The molecule has 0 aliphatic rings. The van der Waals surface area contributed by atoms with Crippen LogP contribution in [0.2, 0.25) is 0 Å². The Labute approximate surface area is 122 Å². The molecule has 2 rings (SSSR count). The van der Waals surface area contributed by atoms with E-state index in [2.05, 4.69) is 0 Å². The van der Waals surface area contributed by atoms with Gasteiger partial charge < -0.3 is 9.47 Å². The van der Waals surface area contributed by atoms with Crippen LogP contribution in [-0.4, -0.2) is 19.6 Å². The van der Waals surface area contributed by atoms with Crippen molar-refractivity contribution >= 4 is 28.3 Å². The largest absolute Gasteiger partial charge is 0.497 e. The van der Waals surface area contributed by atoms with Crippen LogP contribution in [0.3, 0.4) is 0 Å². The first-order valence-corrected chi connectivity index (χ1v) is 6.31. The highest BCUT2D eigenvalue weighted by Gasteiger charge is 2.17. The Morgan fingerprint density at radius 2 is 1.40 bits per heavy atom. The molecule has 1 amide bonds. The molecule has 0 spiro atoms. The summed E-state index contributed by atoms with van der Waals surface area (Å²) in [6.45, 7) is 0. The van der Waals surface area contributed by atoms with Gasteiger partial charge in [-0.15, -0.1) is 0 Å². The van der Waals surface area contributed by atoms with Gasteiger partial charge in [0.1, 0.15) is 11.5 Å². The number of anilines is 2. The minimum atomic E-state index is -0.605. The van der Waals surface area contributed by atoms with E-state index in [1.165, 1.54) is 4.90 Å².